The molecule has 0 aliphatic heterocycles. The van der Waals surface area contributed by atoms with E-state index in [2.05, 4.69) is 20.6 Å². The van der Waals surface area contributed by atoms with Crippen LogP contribution in [0.1, 0.15) is 36.3 Å². The van der Waals surface area contributed by atoms with Crippen LogP contribution in [0.5, 0.6) is 0 Å². The predicted octanol–water partition coefficient (Wildman–Crippen LogP) is 3.45. The summed E-state index contributed by atoms with van der Waals surface area (Å²) in [5, 5.41) is 27.3. The monoisotopic (exact) mass is 363 g/mol. The number of nitrogens with one attached hydrogen (secondary N) is 1. The van der Waals surface area contributed by atoms with E-state index in [4.69, 9.17) is 23.2 Å². The van der Waals surface area contributed by atoms with Crippen LogP contribution in [0.4, 0.5) is 5.82 Å². The van der Waals surface area contributed by atoms with Crippen LogP contribution in [0, 0.1) is 0 Å². The first-order chi connectivity index (χ1) is 11.6. The molecule has 1 saturated carbocycles. The van der Waals surface area contributed by atoms with Crippen LogP contribution in [0.3, 0.4) is 0 Å². The van der Waals surface area contributed by atoms with Gasteiger partial charge in [0.25, 0.3) is 0 Å². The Hall–Kier alpha value is -1.89. The highest BCUT2D eigenvalue weighted by Crippen LogP contribution is 2.38. The van der Waals surface area contributed by atoms with Crippen LogP contribution in [0.25, 0.3) is 5.65 Å². The first kappa shape index (κ1) is 15.6. The highest BCUT2D eigenvalue weighted by Gasteiger charge is 2.29. The van der Waals surface area contributed by atoms with E-state index in [0.717, 1.165) is 24.3 Å². The van der Waals surface area contributed by atoms with Gasteiger partial charge in [0, 0.05) is 22.5 Å². The zero-order chi connectivity index (χ0) is 16.7. The molecule has 24 heavy (non-hydrogen) atoms. The van der Waals surface area contributed by atoms with Crippen LogP contribution >= 0.6 is 23.2 Å². The van der Waals surface area contributed by atoms with E-state index in [0.29, 0.717) is 27.3 Å². The summed E-state index contributed by atoms with van der Waals surface area (Å²) in [6.07, 6.45) is 1.52. The maximum atomic E-state index is 10.3. The fourth-order valence-corrected chi connectivity index (χ4v) is 3.13. The minimum absolute atomic E-state index is 0.288. The number of aliphatic hydroxyl groups is 1. The minimum Gasteiger partial charge on any atom is -0.387 e. The van der Waals surface area contributed by atoms with Crippen molar-refractivity contribution in [2.24, 2.45) is 0 Å². The fourth-order valence-electron chi connectivity index (χ4n) is 2.58. The first-order valence-electron chi connectivity index (χ1n) is 7.70. The van der Waals surface area contributed by atoms with Crippen molar-refractivity contribution in [1.29, 1.82) is 0 Å². The third kappa shape index (κ3) is 3.17. The summed E-state index contributed by atoms with van der Waals surface area (Å²) in [7, 11) is 0. The van der Waals surface area contributed by atoms with Crippen molar-refractivity contribution in [3.63, 3.8) is 0 Å². The van der Waals surface area contributed by atoms with Crippen molar-refractivity contribution in [2.75, 3.05) is 11.9 Å². The summed E-state index contributed by atoms with van der Waals surface area (Å²) in [4.78, 5) is 0. The van der Waals surface area contributed by atoms with Crippen molar-refractivity contribution in [1.82, 2.24) is 19.8 Å². The third-order valence-electron chi connectivity index (χ3n) is 3.98. The third-order valence-corrected chi connectivity index (χ3v) is 4.41. The highest BCUT2D eigenvalue weighted by molar-refractivity contribution is 6.34. The minimum atomic E-state index is -0.748. The average molecular weight is 364 g/mol. The summed E-state index contributed by atoms with van der Waals surface area (Å²) in [5.74, 6) is 2.01. The normalized spacial score (nSPS) is 15.6. The summed E-state index contributed by atoms with van der Waals surface area (Å²) >= 11 is 11.9. The van der Waals surface area contributed by atoms with E-state index < -0.39 is 6.10 Å². The maximum Gasteiger partial charge on any atom is 0.178 e. The number of benzene rings is 1. The number of anilines is 1. The van der Waals surface area contributed by atoms with Gasteiger partial charge in [0.05, 0.1) is 6.10 Å². The van der Waals surface area contributed by atoms with Crippen molar-refractivity contribution < 1.29 is 5.11 Å². The molecule has 3 aromatic rings. The number of aliphatic hydroxyl groups excluding tert-OH is 1. The molecule has 1 fully saturated rings. The van der Waals surface area contributed by atoms with Crippen molar-refractivity contribution >= 4 is 34.7 Å². The highest BCUT2D eigenvalue weighted by atomic mass is 35.5. The SMILES string of the molecule is OC(CNc1ccc2nnc(C3CC3)n2n1)c1cc(Cl)cc(Cl)c1. The van der Waals surface area contributed by atoms with E-state index >= 15 is 0 Å². The number of fused-ring (bicyclic) bond motifs is 1. The molecule has 0 spiro atoms. The molecule has 6 nitrogen and oxygen atoms in total. The van der Waals surface area contributed by atoms with Gasteiger partial charge in [-0.3, -0.25) is 0 Å². The molecule has 2 aromatic heterocycles. The van der Waals surface area contributed by atoms with Crippen molar-refractivity contribution in [3.8, 4) is 0 Å². The average Bonchev–Trinajstić information content (AvgIpc) is 3.31. The van der Waals surface area contributed by atoms with E-state index in [1.807, 2.05) is 12.1 Å². The Balaban J connectivity index is 1.50. The largest absolute Gasteiger partial charge is 0.387 e. The second kappa shape index (κ2) is 6.20. The molecule has 8 heteroatoms. The number of halogens is 2. The smallest absolute Gasteiger partial charge is 0.178 e. The zero-order valence-corrected chi connectivity index (χ0v) is 14.2. The molecule has 1 aromatic carbocycles. The standard InChI is InChI=1S/C16H15Cl2N5O/c17-11-5-10(6-12(18)7-11)13(24)8-19-14-3-4-15-20-21-16(9-1-2-9)23(15)22-14/h3-7,9,13,24H,1-2,8H2,(H,19,22). The van der Waals surface area contributed by atoms with Gasteiger partial charge in [-0.25, -0.2) is 0 Å². The molecule has 0 bridgehead atoms. The number of hydrogen-bond acceptors (Lipinski definition) is 5. The first-order valence-corrected chi connectivity index (χ1v) is 8.46. The van der Waals surface area contributed by atoms with Crippen LogP contribution in [0.2, 0.25) is 10.0 Å². The molecule has 0 radical (unpaired) electrons. The number of hydrogen-bond donors (Lipinski definition) is 2. The van der Waals surface area contributed by atoms with Gasteiger partial charge in [-0.05, 0) is 48.7 Å². The second-order valence-electron chi connectivity index (χ2n) is 5.92. The number of nitrogens with zero attached hydrogens (tertiary/aromatic N) is 4. The Morgan fingerprint density at radius 2 is 1.92 bits per heavy atom. The molecule has 0 saturated heterocycles. The Morgan fingerprint density at radius 1 is 1.17 bits per heavy atom. The van der Waals surface area contributed by atoms with Gasteiger partial charge in [-0.1, -0.05) is 23.2 Å². The lowest BCUT2D eigenvalue weighted by atomic mass is 10.1. The topological polar surface area (TPSA) is 75.3 Å². The van der Waals surface area contributed by atoms with E-state index in [-0.39, 0.29) is 6.54 Å². The zero-order valence-electron chi connectivity index (χ0n) is 12.7. The molecule has 2 heterocycles. The van der Waals surface area contributed by atoms with Gasteiger partial charge in [0.15, 0.2) is 11.5 Å². The van der Waals surface area contributed by atoms with Gasteiger partial charge in [-0.2, -0.15) is 4.52 Å². The molecule has 1 aliphatic carbocycles. The van der Waals surface area contributed by atoms with Crippen LogP contribution < -0.4 is 5.32 Å². The number of aromatic nitrogens is 4. The van der Waals surface area contributed by atoms with E-state index in [1.165, 1.54) is 0 Å². The van der Waals surface area contributed by atoms with Crippen LogP contribution in [0.15, 0.2) is 30.3 Å². The molecule has 2 N–H and O–H groups in total. The van der Waals surface area contributed by atoms with E-state index in [9.17, 15) is 5.11 Å². The Bertz CT molecular complexity index is 873. The van der Waals surface area contributed by atoms with Crippen molar-refractivity contribution in [3.05, 3.63) is 51.8 Å². The lowest BCUT2D eigenvalue weighted by molar-refractivity contribution is 0.191. The molecular formula is C16H15Cl2N5O. The van der Waals surface area contributed by atoms with Gasteiger partial charge < -0.3 is 10.4 Å². The molecule has 4 rings (SSSR count). The Labute approximate surface area is 148 Å². The quantitative estimate of drug-likeness (QED) is 0.725. The molecule has 1 atom stereocenters. The second-order valence-corrected chi connectivity index (χ2v) is 6.79. The van der Waals surface area contributed by atoms with Gasteiger partial charge in [-0.15, -0.1) is 15.3 Å². The fraction of sp³-hybridized carbons (Fsp3) is 0.312. The van der Waals surface area contributed by atoms with E-state index in [1.54, 1.807) is 22.7 Å². The summed E-state index contributed by atoms with van der Waals surface area (Å²) in [6, 6.07) is 8.70. The van der Waals surface area contributed by atoms with Crippen LogP contribution in [-0.4, -0.2) is 31.5 Å². The molecule has 124 valence electrons. The summed E-state index contributed by atoms with van der Waals surface area (Å²) in [5.41, 5.74) is 1.38. The van der Waals surface area contributed by atoms with Gasteiger partial charge >= 0.3 is 0 Å². The molecule has 0 amide bonds. The Kier molecular flexibility index (Phi) is 4.04. The molecule has 1 unspecified atom stereocenters. The van der Waals surface area contributed by atoms with Gasteiger partial charge in [0.1, 0.15) is 5.82 Å². The maximum absolute atomic E-state index is 10.3. The molecular weight excluding hydrogens is 349 g/mol. The lowest BCUT2D eigenvalue weighted by Crippen LogP contribution is -2.14. The summed E-state index contributed by atoms with van der Waals surface area (Å²) in [6.45, 7) is 0.288. The lowest BCUT2D eigenvalue weighted by Gasteiger charge is -2.13. The number of rotatable bonds is 5. The molecule has 1 aliphatic rings. The Morgan fingerprint density at radius 3 is 2.62 bits per heavy atom. The predicted molar refractivity (Wildman–Crippen MR) is 92.7 cm³/mol. The van der Waals surface area contributed by atoms with Crippen molar-refractivity contribution in [2.45, 2.75) is 24.9 Å². The van der Waals surface area contributed by atoms with Crippen LogP contribution in [-0.2, 0) is 0 Å². The van der Waals surface area contributed by atoms with Gasteiger partial charge in [0.2, 0.25) is 0 Å². The summed E-state index contributed by atoms with van der Waals surface area (Å²) < 4.78 is 1.77.